The highest BCUT2D eigenvalue weighted by Crippen LogP contribution is 2.35. The molecule has 0 atom stereocenters. The maximum absolute atomic E-state index is 5.23. The number of hydrogen-bond donors (Lipinski definition) is 3. The van der Waals surface area contributed by atoms with Crippen molar-refractivity contribution in [3.63, 3.8) is 0 Å². The van der Waals surface area contributed by atoms with E-state index in [4.69, 9.17) is 9.97 Å². The number of fused-ring (bicyclic) bond motifs is 11. The second kappa shape index (κ2) is 12.1. The summed E-state index contributed by atoms with van der Waals surface area (Å²) in [4.78, 5) is 21.9. The van der Waals surface area contributed by atoms with Gasteiger partial charge in [0.1, 0.15) is 0 Å². The molecule has 2 aliphatic heterocycles. The minimum atomic E-state index is 0.924. The van der Waals surface area contributed by atoms with Crippen LogP contribution in [0.5, 0.6) is 0 Å². The van der Waals surface area contributed by atoms with Crippen LogP contribution >= 0.6 is 0 Å². The van der Waals surface area contributed by atoms with Crippen molar-refractivity contribution in [3.05, 3.63) is 129 Å². The van der Waals surface area contributed by atoms with E-state index < -0.39 is 0 Å². The molecule has 5 heteroatoms. The summed E-state index contributed by atoms with van der Waals surface area (Å²) in [6, 6.07) is 26.2. The predicted molar refractivity (Wildman–Crippen MR) is 208 cm³/mol. The quantitative estimate of drug-likeness (QED) is 0.179. The predicted octanol–water partition coefficient (Wildman–Crippen LogP) is 11.4. The van der Waals surface area contributed by atoms with Gasteiger partial charge in [0.25, 0.3) is 0 Å². The summed E-state index contributed by atoms with van der Waals surface area (Å²) in [7, 11) is 0. The van der Waals surface area contributed by atoms with Crippen LogP contribution in [0, 0.1) is 27.7 Å². The van der Waals surface area contributed by atoms with Crippen molar-refractivity contribution in [2.24, 2.45) is 0 Å². The molecule has 2 aliphatic rings. The summed E-state index contributed by atoms with van der Waals surface area (Å²) in [5.74, 6) is 0. The molecule has 6 aromatic rings. The molecule has 4 aromatic heterocycles. The van der Waals surface area contributed by atoms with Crippen LogP contribution in [-0.4, -0.2) is 24.9 Å². The smallest absolute Gasteiger partial charge is 0.0736 e. The van der Waals surface area contributed by atoms with E-state index in [0.29, 0.717) is 0 Å². The van der Waals surface area contributed by atoms with E-state index in [1.807, 2.05) is 0 Å². The lowest BCUT2D eigenvalue weighted by molar-refractivity contribution is 1.14. The normalized spacial score (nSPS) is 12.3. The number of aromatic nitrogens is 5. The minimum Gasteiger partial charge on any atom is -0.354 e. The Bertz CT molecular complexity index is 2360. The fourth-order valence-electron chi connectivity index (χ4n) is 7.47. The van der Waals surface area contributed by atoms with Gasteiger partial charge in [-0.3, -0.25) is 0 Å². The van der Waals surface area contributed by atoms with Gasteiger partial charge in [0, 0.05) is 33.2 Å². The van der Waals surface area contributed by atoms with Gasteiger partial charge < -0.3 is 15.0 Å². The Morgan fingerprint density at radius 2 is 0.878 bits per heavy atom. The lowest BCUT2D eigenvalue weighted by atomic mass is 10.0. The number of rotatable bonds is 4. The van der Waals surface area contributed by atoms with Gasteiger partial charge in [0.05, 0.1) is 33.8 Å². The summed E-state index contributed by atoms with van der Waals surface area (Å²) in [5.41, 5.74) is 22.2. The Balaban J connectivity index is 1.55. The summed E-state index contributed by atoms with van der Waals surface area (Å²) in [6.45, 7) is 13.2. The molecule has 8 rings (SSSR count). The Labute approximate surface area is 287 Å². The van der Waals surface area contributed by atoms with Crippen molar-refractivity contribution in [3.8, 4) is 22.3 Å². The number of H-pyrrole nitrogens is 3. The van der Waals surface area contributed by atoms with Crippen LogP contribution in [0.3, 0.4) is 0 Å². The summed E-state index contributed by atoms with van der Waals surface area (Å²) in [6.07, 6.45) is 10.4. The molecule has 0 radical (unpaired) electrons. The number of hydrogen-bond acceptors (Lipinski definition) is 2. The third-order valence-electron chi connectivity index (χ3n) is 10.1. The van der Waals surface area contributed by atoms with E-state index in [2.05, 4.69) is 154 Å². The maximum Gasteiger partial charge on any atom is 0.0736 e. The molecule has 0 spiro atoms. The van der Waals surface area contributed by atoms with E-state index >= 15 is 0 Å². The Morgan fingerprint density at radius 3 is 1.27 bits per heavy atom. The van der Waals surface area contributed by atoms with Crippen molar-refractivity contribution in [2.45, 2.75) is 54.4 Å². The third kappa shape index (κ3) is 5.36. The fourth-order valence-corrected chi connectivity index (χ4v) is 7.47. The van der Waals surface area contributed by atoms with Crippen LogP contribution in [0.15, 0.2) is 72.8 Å². The highest BCUT2D eigenvalue weighted by molar-refractivity contribution is 5.96. The molecule has 0 amide bonds. The highest BCUT2D eigenvalue weighted by atomic mass is 14.8. The van der Waals surface area contributed by atoms with Crippen molar-refractivity contribution >= 4 is 57.4 Å². The standard InChI is InChI=1S/C44H41N5/c1-7-33-27(5)43-44-28(6)34(8-2)40(49-44)24-32-18-20-36(46-32)42(30-15-11-26(4)12-16-30)38-22-21-37(47-38)41(29-13-9-25(3)10-14-29)35-19-17-31(45-35)23-39(33)48-43/h9-24,47-49H,7-8H2,1-6H3. The molecule has 0 unspecified atom stereocenters. The molecular weight excluding hydrogens is 599 g/mol. The van der Waals surface area contributed by atoms with Gasteiger partial charge >= 0.3 is 0 Å². The topological polar surface area (TPSA) is 73.2 Å². The van der Waals surface area contributed by atoms with E-state index in [0.717, 1.165) is 91.0 Å². The van der Waals surface area contributed by atoms with Crippen molar-refractivity contribution in [1.29, 1.82) is 0 Å². The molecule has 2 aromatic carbocycles. The average Bonchev–Trinajstić information content (AvgIpc) is 3.94. The zero-order valence-corrected chi connectivity index (χ0v) is 29.0. The minimum absolute atomic E-state index is 0.924. The zero-order valence-electron chi connectivity index (χ0n) is 29.0. The molecule has 0 saturated carbocycles. The van der Waals surface area contributed by atoms with Crippen LogP contribution < -0.4 is 0 Å². The second-order valence-electron chi connectivity index (χ2n) is 13.3. The van der Waals surface area contributed by atoms with Gasteiger partial charge in [-0.15, -0.1) is 0 Å². The fraction of sp³-hybridized carbons (Fsp3) is 0.182. The van der Waals surface area contributed by atoms with E-state index in [9.17, 15) is 0 Å². The van der Waals surface area contributed by atoms with Gasteiger partial charge in [-0.05, 0) is 122 Å². The summed E-state index contributed by atoms with van der Waals surface area (Å²) < 4.78 is 0. The third-order valence-corrected chi connectivity index (χ3v) is 10.1. The largest absolute Gasteiger partial charge is 0.354 e. The first kappa shape index (κ1) is 30.6. The van der Waals surface area contributed by atoms with Gasteiger partial charge in [-0.25, -0.2) is 9.97 Å². The molecule has 242 valence electrons. The number of nitrogens with zero attached hydrogens (tertiary/aromatic N) is 2. The van der Waals surface area contributed by atoms with Gasteiger partial charge in [0.15, 0.2) is 0 Å². The van der Waals surface area contributed by atoms with Crippen LogP contribution in [0.4, 0.5) is 0 Å². The molecular formula is C44H41N5. The van der Waals surface area contributed by atoms with Crippen molar-refractivity contribution < 1.29 is 0 Å². The molecule has 49 heavy (non-hydrogen) atoms. The molecule has 0 saturated heterocycles. The molecule has 5 nitrogen and oxygen atoms in total. The Morgan fingerprint density at radius 1 is 0.469 bits per heavy atom. The van der Waals surface area contributed by atoms with Gasteiger partial charge in [-0.1, -0.05) is 73.5 Å². The van der Waals surface area contributed by atoms with Crippen LogP contribution in [0.2, 0.25) is 0 Å². The average molecular weight is 640 g/mol. The number of benzene rings is 2. The molecule has 3 N–H and O–H groups in total. The summed E-state index contributed by atoms with van der Waals surface area (Å²) >= 11 is 0. The van der Waals surface area contributed by atoms with Crippen LogP contribution in [-0.2, 0) is 12.8 Å². The first-order chi connectivity index (χ1) is 23.8. The first-order valence-electron chi connectivity index (χ1n) is 17.3. The lowest BCUT2D eigenvalue weighted by Crippen LogP contribution is -1.87. The maximum atomic E-state index is 5.23. The Kier molecular flexibility index (Phi) is 7.56. The van der Waals surface area contributed by atoms with E-state index in [-0.39, 0.29) is 0 Å². The summed E-state index contributed by atoms with van der Waals surface area (Å²) in [5, 5.41) is 0. The second-order valence-corrected chi connectivity index (χ2v) is 13.3. The molecule has 0 aliphatic carbocycles. The van der Waals surface area contributed by atoms with Gasteiger partial charge in [0.2, 0.25) is 0 Å². The molecule has 0 fully saturated rings. The molecule has 10 bridgehead atoms. The number of nitrogens with one attached hydrogen (secondary N) is 3. The monoisotopic (exact) mass is 639 g/mol. The highest BCUT2D eigenvalue weighted by Gasteiger charge is 2.17. The first-order valence-corrected chi connectivity index (χ1v) is 17.3. The molecule has 6 heterocycles. The van der Waals surface area contributed by atoms with Gasteiger partial charge in [-0.2, -0.15) is 0 Å². The van der Waals surface area contributed by atoms with Crippen molar-refractivity contribution in [1.82, 2.24) is 24.9 Å². The van der Waals surface area contributed by atoms with E-state index in [1.165, 1.54) is 33.4 Å². The number of aromatic amines is 3. The van der Waals surface area contributed by atoms with Crippen LogP contribution in [0.1, 0.15) is 70.0 Å². The SMILES string of the molecule is CCc1c(C)c2[nH]c1cc1nc(c(-c3ccc(C)cc3)c3ccc([nH]3)c(-c3ccc(C)cc3)c3nc(cc4[nH]c2c(C)c4CC)C=C3)C=C1. The van der Waals surface area contributed by atoms with Crippen LogP contribution in [0.25, 0.3) is 79.7 Å². The zero-order chi connectivity index (χ0) is 33.8. The van der Waals surface area contributed by atoms with E-state index in [1.54, 1.807) is 0 Å². The van der Waals surface area contributed by atoms with Crippen molar-refractivity contribution in [2.75, 3.05) is 0 Å². The number of aryl methyl sites for hydroxylation is 6. The lowest BCUT2D eigenvalue weighted by Gasteiger charge is -2.06. The Hall–Kier alpha value is -5.68.